The molecule has 1 aliphatic heterocycles. The molecular formula is C16H17NO3S. The molecule has 5 heteroatoms. The smallest absolute Gasteiger partial charge is 0.308 e. The minimum Gasteiger partial charge on any atom is -0.481 e. The summed E-state index contributed by atoms with van der Waals surface area (Å²) in [6.45, 7) is 1.01. The molecule has 0 aliphatic carbocycles. The van der Waals surface area contributed by atoms with E-state index in [1.807, 2.05) is 23.6 Å². The Morgan fingerprint density at radius 2 is 2.14 bits per heavy atom. The SMILES string of the molecule is O=C(O)[C@H]1CCCN(C(=O)Cc2csc3ccccc23)C1. The molecule has 1 N–H and O–H groups in total. The highest BCUT2D eigenvalue weighted by Gasteiger charge is 2.28. The number of carbonyl (C=O) groups is 2. The van der Waals surface area contributed by atoms with Gasteiger partial charge in [-0.1, -0.05) is 18.2 Å². The molecule has 0 spiro atoms. The van der Waals surface area contributed by atoms with Crippen molar-refractivity contribution in [3.05, 3.63) is 35.2 Å². The Hall–Kier alpha value is -1.88. The van der Waals surface area contributed by atoms with Crippen molar-refractivity contribution in [2.75, 3.05) is 13.1 Å². The van der Waals surface area contributed by atoms with Gasteiger partial charge in [-0.3, -0.25) is 9.59 Å². The highest BCUT2D eigenvalue weighted by atomic mass is 32.1. The van der Waals surface area contributed by atoms with Gasteiger partial charge in [0.1, 0.15) is 0 Å². The van der Waals surface area contributed by atoms with Crippen molar-refractivity contribution in [3.8, 4) is 0 Å². The Bertz CT molecular complexity index is 679. The van der Waals surface area contributed by atoms with Crippen LogP contribution in [0.5, 0.6) is 0 Å². The first-order chi connectivity index (χ1) is 10.1. The molecule has 1 amide bonds. The van der Waals surface area contributed by atoms with Gasteiger partial charge < -0.3 is 10.0 Å². The lowest BCUT2D eigenvalue weighted by atomic mass is 9.97. The molecule has 3 rings (SSSR count). The number of rotatable bonds is 3. The third-order valence-corrected chi connectivity index (χ3v) is 5.04. The largest absolute Gasteiger partial charge is 0.481 e. The van der Waals surface area contributed by atoms with E-state index >= 15 is 0 Å². The molecule has 4 nitrogen and oxygen atoms in total. The molecule has 1 atom stereocenters. The number of piperidine rings is 1. The third kappa shape index (κ3) is 2.93. The maximum atomic E-state index is 12.4. The molecule has 0 unspecified atom stereocenters. The number of nitrogens with zero attached hydrogens (tertiary/aromatic N) is 1. The van der Waals surface area contributed by atoms with Gasteiger partial charge in [0.05, 0.1) is 12.3 Å². The minimum absolute atomic E-state index is 0.0319. The van der Waals surface area contributed by atoms with Gasteiger partial charge in [0.2, 0.25) is 5.91 Å². The lowest BCUT2D eigenvalue weighted by molar-refractivity contribution is -0.145. The number of amides is 1. The van der Waals surface area contributed by atoms with Crippen LogP contribution in [0, 0.1) is 5.92 Å². The number of benzene rings is 1. The lowest BCUT2D eigenvalue weighted by Crippen LogP contribution is -2.42. The minimum atomic E-state index is -0.798. The quantitative estimate of drug-likeness (QED) is 0.948. The maximum Gasteiger partial charge on any atom is 0.308 e. The van der Waals surface area contributed by atoms with E-state index in [-0.39, 0.29) is 5.91 Å². The average molecular weight is 303 g/mol. The maximum absolute atomic E-state index is 12.4. The van der Waals surface area contributed by atoms with Gasteiger partial charge in [-0.05, 0) is 35.2 Å². The van der Waals surface area contributed by atoms with E-state index in [4.69, 9.17) is 5.11 Å². The molecule has 1 aromatic carbocycles. The molecule has 2 aromatic rings. The van der Waals surface area contributed by atoms with Crippen LogP contribution in [0.25, 0.3) is 10.1 Å². The van der Waals surface area contributed by atoms with Crippen molar-refractivity contribution in [2.24, 2.45) is 5.92 Å². The first-order valence-electron chi connectivity index (χ1n) is 7.11. The van der Waals surface area contributed by atoms with Crippen LogP contribution in [0.3, 0.4) is 0 Å². The van der Waals surface area contributed by atoms with Crippen molar-refractivity contribution >= 4 is 33.3 Å². The number of carbonyl (C=O) groups excluding carboxylic acids is 1. The van der Waals surface area contributed by atoms with E-state index in [9.17, 15) is 9.59 Å². The fraction of sp³-hybridized carbons (Fsp3) is 0.375. The molecule has 1 aromatic heterocycles. The summed E-state index contributed by atoms with van der Waals surface area (Å²) in [5.74, 6) is -1.18. The Balaban J connectivity index is 1.72. The Morgan fingerprint density at radius 3 is 2.95 bits per heavy atom. The van der Waals surface area contributed by atoms with E-state index in [2.05, 4.69) is 6.07 Å². The Morgan fingerprint density at radius 1 is 1.33 bits per heavy atom. The summed E-state index contributed by atoms with van der Waals surface area (Å²) in [7, 11) is 0. The van der Waals surface area contributed by atoms with E-state index in [0.717, 1.165) is 17.4 Å². The van der Waals surface area contributed by atoms with Gasteiger partial charge in [-0.2, -0.15) is 0 Å². The summed E-state index contributed by atoms with van der Waals surface area (Å²) in [5.41, 5.74) is 1.04. The topological polar surface area (TPSA) is 57.6 Å². The van der Waals surface area contributed by atoms with Gasteiger partial charge >= 0.3 is 5.97 Å². The van der Waals surface area contributed by atoms with Crippen LogP contribution in [0.15, 0.2) is 29.6 Å². The van der Waals surface area contributed by atoms with E-state index in [1.54, 1.807) is 16.2 Å². The summed E-state index contributed by atoms with van der Waals surface area (Å²) in [6.07, 6.45) is 1.80. The fourth-order valence-electron chi connectivity index (χ4n) is 2.85. The third-order valence-electron chi connectivity index (χ3n) is 4.03. The lowest BCUT2D eigenvalue weighted by Gasteiger charge is -2.30. The first kappa shape index (κ1) is 14.1. The number of aliphatic carboxylic acids is 1. The van der Waals surface area contributed by atoms with Crippen molar-refractivity contribution in [3.63, 3.8) is 0 Å². The van der Waals surface area contributed by atoms with Crippen LogP contribution in [0.4, 0.5) is 0 Å². The summed E-state index contributed by atoms with van der Waals surface area (Å²) in [5, 5.41) is 12.3. The monoisotopic (exact) mass is 303 g/mol. The summed E-state index contributed by atoms with van der Waals surface area (Å²) in [4.78, 5) is 25.2. The van der Waals surface area contributed by atoms with Crippen LogP contribution in [0.1, 0.15) is 18.4 Å². The molecule has 0 saturated carbocycles. The van der Waals surface area contributed by atoms with E-state index < -0.39 is 11.9 Å². The summed E-state index contributed by atoms with van der Waals surface area (Å²) in [6, 6.07) is 8.05. The molecular weight excluding hydrogens is 286 g/mol. The van der Waals surface area contributed by atoms with Crippen molar-refractivity contribution < 1.29 is 14.7 Å². The van der Waals surface area contributed by atoms with Gasteiger partial charge in [-0.15, -0.1) is 11.3 Å². The molecule has 0 radical (unpaired) electrons. The first-order valence-corrected chi connectivity index (χ1v) is 7.99. The van der Waals surface area contributed by atoms with Crippen molar-refractivity contribution in [2.45, 2.75) is 19.3 Å². The number of carboxylic acid groups (broad SMARTS) is 1. The summed E-state index contributed by atoms with van der Waals surface area (Å²) < 4.78 is 1.18. The summed E-state index contributed by atoms with van der Waals surface area (Å²) >= 11 is 1.64. The second-order valence-corrected chi connectivity index (χ2v) is 6.36. The van der Waals surface area contributed by atoms with Gasteiger partial charge in [0.25, 0.3) is 0 Å². The zero-order valence-electron chi connectivity index (χ0n) is 11.6. The van der Waals surface area contributed by atoms with Crippen LogP contribution < -0.4 is 0 Å². The molecule has 2 heterocycles. The number of carboxylic acids is 1. The zero-order valence-corrected chi connectivity index (χ0v) is 12.4. The molecule has 0 bridgehead atoms. The standard InChI is InChI=1S/C16H17NO3S/c18-15(17-7-3-4-11(9-17)16(19)20)8-12-10-21-14-6-2-1-5-13(12)14/h1-2,5-6,10-11H,3-4,7-9H2,(H,19,20)/t11-/m0/s1. The molecule has 1 fully saturated rings. The van der Waals surface area contributed by atoms with Gasteiger partial charge in [0, 0.05) is 17.8 Å². The highest BCUT2D eigenvalue weighted by molar-refractivity contribution is 7.17. The van der Waals surface area contributed by atoms with Gasteiger partial charge in [0.15, 0.2) is 0 Å². The average Bonchev–Trinajstić information content (AvgIpc) is 2.91. The molecule has 21 heavy (non-hydrogen) atoms. The van der Waals surface area contributed by atoms with Crippen LogP contribution in [0.2, 0.25) is 0 Å². The van der Waals surface area contributed by atoms with Crippen LogP contribution >= 0.6 is 11.3 Å². The Labute approximate surface area is 127 Å². The molecule has 1 aliphatic rings. The second-order valence-electron chi connectivity index (χ2n) is 5.45. The van der Waals surface area contributed by atoms with Crippen molar-refractivity contribution in [1.29, 1.82) is 0 Å². The van der Waals surface area contributed by atoms with Crippen LogP contribution in [-0.4, -0.2) is 35.0 Å². The molecule has 1 saturated heterocycles. The van der Waals surface area contributed by atoms with E-state index in [1.165, 1.54) is 4.70 Å². The van der Waals surface area contributed by atoms with Gasteiger partial charge in [-0.25, -0.2) is 0 Å². The number of thiophene rings is 1. The highest BCUT2D eigenvalue weighted by Crippen LogP contribution is 2.27. The fourth-order valence-corrected chi connectivity index (χ4v) is 3.81. The predicted octanol–water partition coefficient (Wildman–Crippen LogP) is 2.77. The Kier molecular flexibility index (Phi) is 3.92. The van der Waals surface area contributed by atoms with Crippen molar-refractivity contribution in [1.82, 2.24) is 4.90 Å². The number of likely N-dealkylation sites (tertiary alicyclic amines) is 1. The second kappa shape index (κ2) is 5.85. The normalized spacial score (nSPS) is 18.9. The van der Waals surface area contributed by atoms with E-state index in [0.29, 0.717) is 25.9 Å². The predicted molar refractivity (Wildman–Crippen MR) is 82.5 cm³/mol. The number of fused-ring (bicyclic) bond motifs is 1. The number of hydrogen-bond acceptors (Lipinski definition) is 3. The number of hydrogen-bond donors (Lipinski definition) is 1. The van der Waals surface area contributed by atoms with Crippen LogP contribution in [-0.2, 0) is 16.0 Å². The zero-order chi connectivity index (χ0) is 14.8. The molecule has 110 valence electrons.